The Kier molecular flexibility index (Phi) is 4.33. The fraction of sp³-hybridized carbons (Fsp3) is 0.833. The standard InChI is InChI=1S/C12H21NO3/c1-4-8(2)5-11(14)13-6-9(3)10(7-13)12(15)16/h8-10H,4-7H2,1-3H3,(H,15,16). The van der Waals surface area contributed by atoms with Gasteiger partial charge in [-0.3, -0.25) is 9.59 Å². The van der Waals surface area contributed by atoms with E-state index in [2.05, 4.69) is 6.92 Å². The Bertz CT molecular complexity index is 277. The number of likely N-dealkylation sites (tertiary alicyclic amines) is 1. The number of rotatable bonds is 4. The fourth-order valence-corrected chi connectivity index (χ4v) is 2.06. The maximum absolute atomic E-state index is 11.9. The van der Waals surface area contributed by atoms with Crippen LogP contribution in [0.25, 0.3) is 0 Å². The predicted molar refractivity (Wildman–Crippen MR) is 60.9 cm³/mol. The fourth-order valence-electron chi connectivity index (χ4n) is 2.06. The lowest BCUT2D eigenvalue weighted by Gasteiger charge is -2.18. The largest absolute Gasteiger partial charge is 0.481 e. The zero-order chi connectivity index (χ0) is 12.3. The van der Waals surface area contributed by atoms with Gasteiger partial charge in [0.2, 0.25) is 5.91 Å². The summed E-state index contributed by atoms with van der Waals surface area (Å²) in [5.41, 5.74) is 0. The normalized spacial score (nSPS) is 26.8. The summed E-state index contributed by atoms with van der Waals surface area (Å²) in [6.45, 7) is 6.98. The van der Waals surface area contributed by atoms with Gasteiger partial charge in [-0.25, -0.2) is 0 Å². The zero-order valence-electron chi connectivity index (χ0n) is 10.3. The molecule has 1 heterocycles. The highest BCUT2D eigenvalue weighted by Gasteiger charge is 2.36. The molecule has 0 radical (unpaired) electrons. The second-order valence-electron chi connectivity index (χ2n) is 4.94. The van der Waals surface area contributed by atoms with Crippen molar-refractivity contribution < 1.29 is 14.7 Å². The van der Waals surface area contributed by atoms with Gasteiger partial charge in [-0.2, -0.15) is 0 Å². The van der Waals surface area contributed by atoms with Crippen molar-refractivity contribution in [3.8, 4) is 0 Å². The van der Waals surface area contributed by atoms with Crippen LogP contribution in [0.3, 0.4) is 0 Å². The van der Waals surface area contributed by atoms with Crippen molar-refractivity contribution in [1.82, 2.24) is 4.90 Å². The summed E-state index contributed by atoms with van der Waals surface area (Å²) in [5, 5.41) is 8.97. The molecular formula is C12H21NO3. The molecule has 0 aromatic heterocycles. The first-order valence-electron chi connectivity index (χ1n) is 5.96. The monoisotopic (exact) mass is 227 g/mol. The van der Waals surface area contributed by atoms with E-state index in [1.807, 2.05) is 13.8 Å². The van der Waals surface area contributed by atoms with Gasteiger partial charge in [0.1, 0.15) is 0 Å². The number of carboxylic acids is 1. The van der Waals surface area contributed by atoms with Gasteiger partial charge in [0.25, 0.3) is 0 Å². The number of aliphatic carboxylic acids is 1. The van der Waals surface area contributed by atoms with E-state index in [4.69, 9.17) is 5.11 Å². The molecule has 16 heavy (non-hydrogen) atoms. The van der Waals surface area contributed by atoms with Crippen LogP contribution in [0.15, 0.2) is 0 Å². The summed E-state index contributed by atoms with van der Waals surface area (Å²) < 4.78 is 0. The predicted octanol–water partition coefficient (Wildman–Crippen LogP) is 1.60. The molecule has 1 amide bonds. The van der Waals surface area contributed by atoms with E-state index in [-0.39, 0.29) is 17.7 Å². The van der Waals surface area contributed by atoms with Gasteiger partial charge in [0.05, 0.1) is 5.92 Å². The third kappa shape index (κ3) is 2.97. The first-order valence-corrected chi connectivity index (χ1v) is 5.96. The van der Waals surface area contributed by atoms with Gasteiger partial charge >= 0.3 is 5.97 Å². The first kappa shape index (κ1) is 13.0. The SMILES string of the molecule is CCC(C)CC(=O)N1CC(C)C(C(=O)O)C1. The zero-order valence-corrected chi connectivity index (χ0v) is 10.3. The lowest BCUT2D eigenvalue weighted by molar-refractivity contribution is -0.142. The minimum atomic E-state index is -0.786. The highest BCUT2D eigenvalue weighted by molar-refractivity contribution is 5.79. The van der Waals surface area contributed by atoms with Gasteiger partial charge < -0.3 is 10.0 Å². The van der Waals surface area contributed by atoms with E-state index in [0.29, 0.717) is 25.4 Å². The van der Waals surface area contributed by atoms with Gasteiger partial charge in [-0.05, 0) is 11.8 Å². The molecule has 0 bridgehead atoms. The van der Waals surface area contributed by atoms with Crippen LogP contribution in [0.5, 0.6) is 0 Å². The van der Waals surface area contributed by atoms with Crippen LogP contribution in [-0.4, -0.2) is 35.0 Å². The molecule has 0 spiro atoms. The first-order chi connectivity index (χ1) is 7.45. The van der Waals surface area contributed by atoms with E-state index in [0.717, 1.165) is 6.42 Å². The van der Waals surface area contributed by atoms with Crippen LogP contribution in [0.1, 0.15) is 33.6 Å². The third-order valence-electron chi connectivity index (χ3n) is 3.50. The van der Waals surface area contributed by atoms with Gasteiger partial charge in [0, 0.05) is 19.5 Å². The Labute approximate surface area is 96.6 Å². The number of carbonyl (C=O) groups excluding carboxylic acids is 1. The van der Waals surface area contributed by atoms with Crippen LogP contribution in [0.4, 0.5) is 0 Å². The van der Waals surface area contributed by atoms with Crippen molar-refractivity contribution in [3.05, 3.63) is 0 Å². The summed E-state index contributed by atoms with van der Waals surface area (Å²) in [6, 6.07) is 0. The lowest BCUT2D eigenvalue weighted by atomic mass is 9.99. The molecule has 3 atom stereocenters. The Morgan fingerprint density at radius 3 is 2.50 bits per heavy atom. The highest BCUT2D eigenvalue weighted by atomic mass is 16.4. The van der Waals surface area contributed by atoms with E-state index < -0.39 is 5.97 Å². The van der Waals surface area contributed by atoms with Crippen molar-refractivity contribution in [1.29, 1.82) is 0 Å². The minimum absolute atomic E-state index is 0.0679. The maximum atomic E-state index is 11.9. The average Bonchev–Trinajstić information content (AvgIpc) is 2.60. The lowest BCUT2D eigenvalue weighted by Crippen LogP contribution is -2.30. The highest BCUT2D eigenvalue weighted by Crippen LogP contribution is 2.24. The molecule has 0 aliphatic carbocycles. The second-order valence-corrected chi connectivity index (χ2v) is 4.94. The van der Waals surface area contributed by atoms with Crippen LogP contribution >= 0.6 is 0 Å². The molecule has 3 unspecified atom stereocenters. The molecule has 1 rings (SSSR count). The van der Waals surface area contributed by atoms with Crippen molar-refractivity contribution in [3.63, 3.8) is 0 Å². The van der Waals surface area contributed by atoms with Gasteiger partial charge in [0.15, 0.2) is 0 Å². The van der Waals surface area contributed by atoms with E-state index in [1.165, 1.54) is 0 Å². The second kappa shape index (κ2) is 5.32. The Morgan fingerprint density at radius 2 is 2.06 bits per heavy atom. The Morgan fingerprint density at radius 1 is 1.44 bits per heavy atom. The topological polar surface area (TPSA) is 57.6 Å². The Hall–Kier alpha value is -1.06. The smallest absolute Gasteiger partial charge is 0.308 e. The van der Waals surface area contributed by atoms with Gasteiger partial charge in [-0.1, -0.05) is 27.2 Å². The molecule has 1 N–H and O–H groups in total. The van der Waals surface area contributed by atoms with Crippen LogP contribution in [-0.2, 0) is 9.59 Å². The summed E-state index contributed by atoms with van der Waals surface area (Å²) in [4.78, 5) is 24.5. The van der Waals surface area contributed by atoms with E-state index in [9.17, 15) is 9.59 Å². The summed E-state index contributed by atoms with van der Waals surface area (Å²) in [7, 11) is 0. The minimum Gasteiger partial charge on any atom is -0.481 e. The molecule has 0 aromatic rings. The molecule has 0 saturated carbocycles. The van der Waals surface area contributed by atoms with Crippen molar-refractivity contribution in [2.75, 3.05) is 13.1 Å². The van der Waals surface area contributed by atoms with Gasteiger partial charge in [-0.15, -0.1) is 0 Å². The molecule has 4 nitrogen and oxygen atoms in total. The summed E-state index contributed by atoms with van der Waals surface area (Å²) in [5.74, 6) is -0.623. The van der Waals surface area contributed by atoms with E-state index >= 15 is 0 Å². The van der Waals surface area contributed by atoms with Crippen molar-refractivity contribution in [2.24, 2.45) is 17.8 Å². The van der Waals surface area contributed by atoms with E-state index in [1.54, 1.807) is 4.90 Å². The van der Waals surface area contributed by atoms with Crippen molar-refractivity contribution >= 4 is 11.9 Å². The molecule has 1 fully saturated rings. The van der Waals surface area contributed by atoms with Crippen molar-refractivity contribution in [2.45, 2.75) is 33.6 Å². The number of hydrogen-bond acceptors (Lipinski definition) is 2. The Balaban J connectivity index is 2.51. The van der Waals surface area contributed by atoms with Crippen LogP contribution in [0.2, 0.25) is 0 Å². The average molecular weight is 227 g/mol. The quantitative estimate of drug-likeness (QED) is 0.793. The molecule has 4 heteroatoms. The number of carbonyl (C=O) groups is 2. The number of nitrogens with zero attached hydrogens (tertiary/aromatic N) is 1. The number of amides is 1. The number of carboxylic acid groups (broad SMARTS) is 1. The van der Waals surface area contributed by atoms with Crippen LogP contribution < -0.4 is 0 Å². The third-order valence-corrected chi connectivity index (χ3v) is 3.50. The maximum Gasteiger partial charge on any atom is 0.308 e. The molecule has 0 aromatic carbocycles. The molecule has 1 saturated heterocycles. The molecular weight excluding hydrogens is 206 g/mol. The van der Waals surface area contributed by atoms with Crippen LogP contribution in [0, 0.1) is 17.8 Å². The summed E-state index contributed by atoms with van der Waals surface area (Å²) >= 11 is 0. The number of hydrogen-bond donors (Lipinski definition) is 1. The molecule has 92 valence electrons. The molecule has 1 aliphatic heterocycles. The molecule has 1 aliphatic rings. The summed E-state index contributed by atoms with van der Waals surface area (Å²) in [6.07, 6.45) is 1.52.